The second-order valence-corrected chi connectivity index (χ2v) is 5.93. The Morgan fingerprint density at radius 2 is 1.30 bits per heavy atom. The van der Waals surface area contributed by atoms with Crippen molar-refractivity contribution in [2.45, 2.75) is 0 Å². The van der Waals surface area contributed by atoms with Gasteiger partial charge in [-0.3, -0.25) is 0 Å². The molecule has 108 valence electrons. The standard InChI is InChI=1S/C22H15N/c1-2-7-15(8-3-1)17-14-13-16-9-6-12-20-21(16)22(17)18-10-4-5-11-19(18)23-20/h1-14,23H. The lowest BCUT2D eigenvalue weighted by atomic mass is 9.86. The minimum atomic E-state index is 1.18. The van der Waals surface area contributed by atoms with Gasteiger partial charge >= 0.3 is 0 Å². The average Bonchev–Trinajstić information content (AvgIpc) is 2.63. The van der Waals surface area contributed by atoms with Crippen molar-refractivity contribution >= 4 is 22.1 Å². The first-order valence-electron chi connectivity index (χ1n) is 7.89. The molecule has 4 aromatic carbocycles. The number of nitrogens with one attached hydrogen (secondary N) is 1. The molecule has 0 spiro atoms. The Balaban J connectivity index is 1.96. The fourth-order valence-corrected chi connectivity index (χ4v) is 3.58. The van der Waals surface area contributed by atoms with Crippen LogP contribution in [0.2, 0.25) is 0 Å². The van der Waals surface area contributed by atoms with Crippen LogP contribution in [0.5, 0.6) is 0 Å². The van der Waals surface area contributed by atoms with E-state index in [-0.39, 0.29) is 0 Å². The highest BCUT2D eigenvalue weighted by Crippen LogP contribution is 2.47. The number of benzene rings is 4. The van der Waals surface area contributed by atoms with E-state index >= 15 is 0 Å². The number of hydrogen-bond acceptors (Lipinski definition) is 1. The minimum Gasteiger partial charge on any atom is -0.354 e. The van der Waals surface area contributed by atoms with E-state index in [4.69, 9.17) is 0 Å². The Labute approximate surface area is 135 Å². The number of anilines is 2. The zero-order valence-corrected chi connectivity index (χ0v) is 12.6. The molecule has 0 atom stereocenters. The maximum atomic E-state index is 3.58. The smallest absolute Gasteiger partial charge is 0.0470 e. The number of rotatable bonds is 1. The first kappa shape index (κ1) is 12.5. The van der Waals surface area contributed by atoms with Crippen molar-refractivity contribution in [1.82, 2.24) is 0 Å². The predicted molar refractivity (Wildman–Crippen MR) is 98.1 cm³/mol. The van der Waals surface area contributed by atoms with Crippen LogP contribution in [-0.2, 0) is 0 Å². The Hall–Kier alpha value is -3.06. The molecule has 1 N–H and O–H groups in total. The first-order chi connectivity index (χ1) is 11.4. The van der Waals surface area contributed by atoms with Crippen molar-refractivity contribution in [3.63, 3.8) is 0 Å². The van der Waals surface area contributed by atoms with E-state index in [0.717, 1.165) is 0 Å². The quantitative estimate of drug-likeness (QED) is 0.386. The topological polar surface area (TPSA) is 12.0 Å². The molecule has 0 radical (unpaired) electrons. The van der Waals surface area contributed by atoms with E-state index in [1.165, 1.54) is 44.4 Å². The highest BCUT2D eigenvalue weighted by atomic mass is 14.9. The van der Waals surface area contributed by atoms with Gasteiger partial charge in [0.1, 0.15) is 0 Å². The lowest BCUT2D eigenvalue weighted by Crippen LogP contribution is -2.02. The summed E-state index contributed by atoms with van der Waals surface area (Å²) in [7, 11) is 0. The Morgan fingerprint density at radius 1 is 0.522 bits per heavy atom. The predicted octanol–water partition coefficient (Wildman–Crippen LogP) is 6.23. The van der Waals surface area contributed by atoms with Crippen molar-refractivity contribution in [2.24, 2.45) is 0 Å². The molecule has 0 fully saturated rings. The third-order valence-electron chi connectivity index (χ3n) is 4.60. The van der Waals surface area contributed by atoms with Crippen LogP contribution in [0, 0.1) is 0 Å². The number of fused-ring (bicyclic) bond motifs is 2. The summed E-state index contributed by atoms with van der Waals surface area (Å²) in [5.41, 5.74) is 7.52. The molecule has 0 aliphatic carbocycles. The Bertz CT molecular complexity index is 1030. The van der Waals surface area contributed by atoms with Crippen molar-refractivity contribution in [1.29, 1.82) is 0 Å². The molecule has 23 heavy (non-hydrogen) atoms. The third kappa shape index (κ3) is 1.80. The lowest BCUT2D eigenvalue weighted by molar-refractivity contribution is 1.52. The van der Waals surface area contributed by atoms with Crippen LogP contribution in [0.4, 0.5) is 11.4 Å². The van der Waals surface area contributed by atoms with E-state index in [9.17, 15) is 0 Å². The van der Waals surface area contributed by atoms with Gasteiger partial charge in [0.2, 0.25) is 0 Å². The van der Waals surface area contributed by atoms with Crippen LogP contribution in [0.3, 0.4) is 0 Å². The largest absolute Gasteiger partial charge is 0.354 e. The van der Waals surface area contributed by atoms with E-state index in [2.05, 4.69) is 90.2 Å². The van der Waals surface area contributed by atoms with Gasteiger partial charge in [0.15, 0.2) is 0 Å². The van der Waals surface area contributed by atoms with Gasteiger partial charge in [-0.15, -0.1) is 0 Å². The highest BCUT2D eigenvalue weighted by Gasteiger charge is 2.20. The lowest BCUT2D eigenvalue weighted by Gasteiger charge is -2.24. The van der Waals surface area contributed by atoms with Gasteiger partial charge < -0.3 is 5.32 Å². The molecule has 5 rings (SSSR count). The summed E-state index contributed by atoms with van der Waals surface area (Å²) in [5.74, 6) is 0. The molecule has 0 aromatic heterocycles. The van der Waals surface area contributed by atoms with Crippen LogP contribution in [0.15, 0.2) is 84.9 Å². The van der Waals surface area contributed by atoms with Crippen molar-refractivity contribution in [3.8, 4) is 22.3 Å². The monoisotopic (exact) mass is 293 g/mol. The first-order valence-corrected chi connectivity index (χ1v) is 7.89. The Kier molecular flexibility index (Phi) is 2.56. The molecule has 0 bridgehead atoms. The van der Waals surface area contributed by atoms with Gasteiger partial charge in [-0.2, -0.15) is 0 Å². The molecule has 4 aromatic rings. The maximum Gasteiger partial charge on any atom is 0.0470 e. The zero-order chi connectivity index (χ0) is 15.2. The highest BCUT2D eigenvalue weighted by molar-refractivity contribution is 6.15. The third-order valence-corrected chi connectivity index (χ3v) is 4.60. The van der Waals surface area contributed by atoms with Crippen molar-refractivity contribution in [2.75, 3.05) is 5.32 Å². The molecule has 1 heterocycles. The second-order valence-electron chi connectivity index (χ2n) is 5.93. The van der Waals surface area contributed by atoms with Gasteiger partial charge in [0.25, 0.3) is 0 Å². The fourth-order valence-electron chi connectivity index (χ4n) is 3.58. The van der Waals surface area contributed by atoms with Gasteiger partial charge in [0.05, 0.1) is 0 Å². The summed E-state index contributed by atoms with van der Waals surface area (Å²) in [6.45, 7) is 0. The Morgan fingerprint density at radius 3 is 2.22 bits per heavy atom. The molecule has 0 saturated heterocycles. The zero-order valence-electron chi connectivity index (χ0n) is 12.6. The SMILES string of the molecule is c1ccc(-c2ccc3cccc4c3c2-c2ccccc2N4)cc1. The molecule has 1 heteroatoms. The second kappa shape index (κ2) is 4.72. The molecule has 1 nitrogen and oxygen atoms in total. The molecule has 1 aliphatic rings. The number of para-hydroxylation sites is 1. The summed E-state index contributed by atoms with van der Waals surface area (Å²) < 4.78 is 0. The van der Waals surface area contributed by atoms with E-state index in [1.807, 2.05) is 0 Å². The summed E-state index contributed by atoms with van der Waals surface area (Å²) in [4.78, 5) is 0. The maximum absolute atomic E-state index is 3.58. The van der Waals surface area contributed by atoms with E-state index in [0.29, 0.717) is 0 Å². The van der Waals surface area contributed by atoms with Crippen LogP contribution >= 0.6 is 0 Å². The van der Waals surface area contributed by atoms with E-state index < -0.39 is 0 Å². The average molecular weight is 293 g/mol. The fraction of sp³-hybridized carbons (Fsp3) is 0. The number of hydrogen-bond donors (Lipinski definition) is 1. The van der Waals surface area contributed by atoms with Gasteiger partial charge in [-0.1, -0.05) is 72.8 Å². The van der Waals surface area contributed by atoms with Crippen molar-refractivity contribution < 1.29 is 0 Å². The van der Waals surface area contributed by atoms with Crippen LogP contribution < -0.4 is 5.32 Å². The van der Waals surface area contributed by atoms with Crippen molar-refractivity contribution in [3.05, 3.63) is 84.9 Å². The molecular formula is C22H15N. The summed E-state index contributed by atoms with van der Waals surface area (Å²) in [5, 5.41) is 6.17. The summed E-state index contributed by atoms with van der Waals surface area (Å²) in [6.07, 6.45) is 0. The molecule has 0 saturated carbocycles. The van der Waals surface area contributed by atoms with Crippen LogP contribution in [0.25, 0.3) is 33.0 Å². The summed E-state index contributed by atoms with van der Waals surface area (Å²) in [6, 6.07) is 30.1. The van der Waals surface area contributed by atoms with Gasteiger partial charge in [-0.25, -0.2) is 0 Å². The molecule has 0 amide bonds. The van der Waals surface area contributed by atoms with Gasteiger partial charge in [0, 0.05) is 27.9 Å². The van der Waals surface area contributed by atoms with E-state index in [1.54, 1.807) is 0 Å². The molecule has 0 unspecified atom stereocenters. The molecular weight excluding hydrogens is 278 g/mol. The normalized spacial score (nSPS) is 11.8. The minimum absolute atomic E-state index is 1.18. The van der Waals surface area contributed by atoms with Crippen LogP contribution in [-0.4, -0.2) is 0 Å². The van der Waals surface area contributed by atoms with Gasteiger partial charge in [-0.05, 0) is 28.6 Å². The van der Waals surface area contributed by atoms with Crippen LogP contribution in [0.1, 0.15) is 0 Å². The summed E-state index contributed by atoms with van der Waals surface area (Å²) >= 11 is 0. The molecule has 1 aliphatic heterocycles.